The van der Waals surface area contributed by atoms with E-state index in [2.05, 4.69) is 15.5 Å². The first kappa shape index (κ1) is 12.3. The van der Waals surface area contributed by atoms with Crippen molar-refractivity contribution < 1.29 is 4.79 Å². The molecule has 0 atom stereocenters. The topological polar surface area (TPSA) is 64.7 Å². The zero-order valence-corrected chi connectivity index (χ0v) is 10.8. The van der Waals surface area contributed by atoms with Crippen molar-refractivity contribution in [3.63, 3.8) is 0 Å². The Morgan fingerprint density at radius 1 is 1.33 bits per heavy atom. The summed E-state index contributed by atoms with van der Waals surface area (Å²) in [5.41, 5.74) is 2.68. The van der Waals surface area contributed by atoms with Crippen molar-refractivity contribution in [3.05, 3.63) is 29.8 Å². The second kappa shape index (κ2) is 5.03. The Balaban J connectivity index is 2.03. The minimum absolute atomic E-state index is 0.0967. The fourth-order valence-corrected chi connectivity index (χ4v) is 1.78. The molecule has 0 radical (unpaired) electrons. The number of carbonyl (C=O) groups excluding carboxylic acids is 1. The van der Waals surface area contributed by atoms with Crippen LogP contribution in [0, 0.1) is 13.8 Å². The highest BCUT2D eigenvalue weighted by atomic mass is 16.2. The number of carbonyl (C=O) groups is 1. The molecule has 0 saturated carbocycles. The normalized spacial score (nSPS) is 10.6. The van der Waals surface area contributed by atoms with Gasteiger partial charge in [0, 0.05) is 18.4 Å². The molecule has 0 spiro atoms. The van der Waals surface area contributed by atoms with Gasteiger partial charge in [-0.1, -0.05) is 0 Å². The lowest BCUT2D eigenvalue weighted by Crippen LogP contribution is -2.20. The fourth-order valence-electron chi connectivity index (χ4n) is 1.78. The van der Waals surface area contributed by atoms with Crippen LogP contribution in [-0.2, 0) is 17.9 Å². The molecule has 1 N–H and O–H groups in total. The molecule has 0 unspecified atom stereocenters. The molecule has 96 valence electrons. The number of rotatable bonds is 4. The smallest absolute Gasteiger partial charge is 0.246 e. The maximum atomic E-state index is 11.9. The largest absolute Gasteiger partial charge is 0.322 e. The van der Waals surface area contributed by atoms with Crippen molar-refractivity contribution in [1.29, 1.82) is 0 Å². The first-order valence-electron chi connectivity index (χ1n) is 5.92. The Bertz CT molecular complexity index is 555. The second-order valence-corrected chi connectivity index (χ2v) is 4.14. The fraction of sp³-hybridized carbons (Fsp3) is 0.417. The van der Waals surface area contributed by atoms with E-state index in [9.17, 15) is 4.79 Å². The van der Waals surface area contributed by atoms with Crippen molar-refractivity contribution in [1.82, 2.24) is 19.6 Å². The van der Waals surface area contributed by atoms with E-state index in [1.807, 2.05) is 31.5 Å². The summed E-state index contributed by atoms with van der Waals surface area (Å²) in [5.74, 6) is -0.0967. The van der Waals surface area contributed by atoms with E-state index in [1.165, 1.54) is 0 Å². The average molecular weight is 247 g/mol. The minimum Gasteiger partial charge on any atom is -0.322 e. The monoisotopic (exact) mass is 247 g/mol. The quantitative estimate of drug-likeness (QED) is 0.887. The second-order valence-electron chi connectivity index (χ2n) is 4.14. The molecule has 1 amide bonds. The van der Waals surface area contributed by atoms with Gasteiger partial charge in [0.2, 0.25) is 5.91 Å². The van der Waals surface area contributed by atoms with Crippen molar-refractivity contribution in [3.8, 4) is 0 Å². The molecule has 2 rings (SSSR count). The number of nitrogens with zero attached hydrogens (tertiary/aromatic N) is 4. The number of aromatic nitrogens is 4. The third-order valence-corrected chi connectivity index (χ3v) is 2.90. The van der Waals surface area contributed by atoms with Crippen LogP contribution >= 0.6 is 0 Å². The Morgan fingerprint density at radius 3 is 2.67 bits per heavy atom. The summed E-state index contributed by atoms with van der Waals surface area (Å²) in [4.78, 5) is 11.9. The number of amides is 1. The molecule has 6 heteroatoms. The van der Waals surface area contributed by atoms with Crippen LogP contribution in [0.15, 0.2) is 18.5 Å². The molecule has 0 saturated heterocycles. The summed E-state index contributed by atoms with van der Waals surface area (Å²) in [5, 5.41) is 11.1. The maximum Gasteiger partial charge on any atom is 0.246 e. The molecule has 2 aromatic heterocycles. The standard InChI is InChI=1S/C12H17N5O/c1-4-16-10(3)11(7-14-16)15-12(18)8-17-9(2)5-6-13-17/h5-7H,4,8H2,1-3H3,(H,15,18). The lowest BCUT2D eigenvalue weighted by atomic mass is 10.4. The van der Waals surface area contributed by atoms with Gasteiger partial charge in [0.15, 0.2) is 0 Å². The van der Waals surface area contributed by atoms with Gasteiger partial charge >= 0.3 is 0 Å². The molecule has 0 aliphatic carbocycles. The van der Waals surface area contributed by atoms with Crippen LogP contribution in [0.25, 0.3) is 0 Å². The van der Waals surface area contributed by atoms with E-state index < -0.39 is 0 Å². The number of nitrogens with one attached hydrogen (secondary N) is 1. The molecule has 0 aromatic carbocycles. The lowest BCUT2D eigenvalue weighted by molar-refractivity contribution is -0.116. The Morgan fingerprint density at radius 2 is 2.11 bits per heavy atom. The molecule has 0 aliphatic rings. The third kappa shape index (κ3) is 2.42. The molecule has 0 bridgehead atoms. The van der Waals surface area contributed by atoms with Gasteiger partial charge < -0.3 is 5.32 Å². The lowest BCUT2D eigenvalue weighted by Gasteiger charge is -2.06. The highest BCUT2D eigenvalue weighted by molar-refractivity contribution is 5.90. The molecule has 0 aliphatic heterocycles. The van der Waals surface area contributed by atoms with Crippen LogP contribution in [0.5, 0.6) is 0 Å². The van der Waals surface area contributed by atoms with Crippen molar-refractivity contribution >= 4 is 11.6 Å². The highest BCUT2D eigenvalue weighted by Crippen LogP contribution is 2.13. The van der Waals surface area contributed by atoms with E-state index in [4.69, 9.17) is 0 Å². The Labute approximate surface area is 106 Å². The van der Waals surface area contributed by atoms with Gasteiger partial charge in [0.1, 0.15) is 6.54 Å². The van der Waals surface area contributed by atoms with Crippen LogP contribution < -0.4 is 5.32 Å². The first-order chi connectivity index (χ1) is 8.61. The number of hydrogen-bond donors (Lipinski definition) is 1. The summed E-state index contributed by atoms with van der Waals surface area (Å²) in [6.07, 6.45) is 3.36. The van der Waals surface area contributed by atoms with E-state index in [-0.39, 0.29) is 12.5 Å². The zero-order valence-electron chi connectivity index (χ0n) is 10.8. The summed E-state index contributed by atoms with van der Waals surface area (Å²) in [7, 11) is 0. The molecule has 2 aromatic rings. The molecular formula is C12H17N5O. The molecule has 18 heavy (non-hydrogen) atoms. The minimum atomic E-state index is -0.0967. The Hall–Kier alpha value is -2.11. The van der Waals surface area contributed by atoms with E-state index in [0.29, 0.717) is 0 Å². The van der Waals surface area contributed by atoms with Crippen LogP contribution in [0.4, 0.5) is 5.69 Å². The van der Waals surface area contributed by atoms with Gasteiger partial charge in [-0.15, -0.1) is 0 Å². The van der Waals surface area contributed by atoms with E-state index >= 15 is 0 Å². The van der Waals surface area contributed by atoms with E-state index in [0.717, 1.165) is 23.6 Å². The Kier molecular flexibility index (Phi) is 3.45. The van der Waals surface area contributed by atoms with Gasteiger partial charge in [-0.2, -0.15) is 10.2 Å². The maximum absolute atomic E-state index is 11.9. The van der Waals surface area contributed by atoms with E-state index in [1.54, 1.807) is 17.1 Å². The molecule has 6 nitrogen and oxygen atoms in total. The summed E-state index contributed by atoms with van der Waals surface area (Å²) in [6, 6.07) is 1.87. The SMILES string of the molecule is CCn1ncc(NC(=O)Cn2nccc2C)c1C. The van der Waals surface area contributed by atoms with Gasteiger partial charge in [0.25, 0.3) is 0 Å². The van der Waals surface area contributed by atoms with Crippen molar-refractivity contribution in [2.45, 2.75) is 33.9 Å². The number of aryl methyl sites for hydroxylation is 2. The summed E-state index contributed by atoms with van der Waals surface area (Å²) < 4.78 is 3.50. The predicted molar refractivity (Wildman–Crippen MR) is 68.2 cm³/mol. The average Bonchev–Trinajstić information content (AvgIpc) is 2.88. The summed E-state index contributed by atoms with van der Waals surface area (Å²) >= 11 is 0. The van der Waals surface area contributed by atoms with Crippen molar-refractivity contribution in [2.24, 2.45) is 0 Å². The van der Waals surface area contributed by atoms with Gasteiger partial charge in [0.05, 0.1) is 17.6 Å². The zero-order chi connectivity index (χ0) is 13.1. The first-order valence-corrected chi connectivity index (χ1v) is 5.92. The van der Waals surface area contributed by atoms with Crippen LogP contribution in [-0.4, -0.2) is 25.5 Å². The molecular weight excluding hydrogens is 230 g/mol. The van der Waals surface area contributed by atoms with Gasteiger partial charge in [-0.3, -0.25) is 14.2 Å². The number of anilines is 1. The predicted octanol–water partition coefficient (Wildman–Crippen LogP) is 1.36. The van der Waals surface area contributed by atoms with Crippen LogP contribution in [0.1, 0.15) is 18.3 Å². The third-order valence-electron chi connectivity index (χ3n) is 2.90. The highest BCUT2D eigenvalue weighted by Gasteiger charge is 2.10. The van der Waals surface area contributed by atoms with Crippen LogP contribution in [0.2, 0.25) is 0 Å². The number of hydrogen-bond acceptors (Lipinski definition) is 3. The van der Waals surface area contributed by atoms with Crippen LogP contribution in [0.3, 0.4) is 0 Å². The van der Waals surface area contributed by atoms with Crippen molar-refractivity contribution in [2.75, 3.05) is 5.32 Å². The molecule has 2 heterocycles. The molecule has 0 fully saturated rings. The summed E-state index contributed by atoms with van der Waals surface area (Å²) in [6.45, 7) is 6.88. The van der Waals surface area contributed by atoms with Gasteiger partial charge in [-0.05, 0) is 26.8 Å². The van der Waals surface area contributed by atoms with Gasteiger partial charge in [-0.25, -0.2) is 0 Å².